The molecule has 0 radical (unpaired) electrons. The van der Waals surface area contributed by atoms with E-state index in [0.29, 0.717) is 29.1 Å². The van der Waals surface area contributed by atoms with Crippen LogP contribution in [-0.4, -0.2) is 35.0 Å². The molecule has 33 heavy (non-hydrogen) atoms. The third kappa shape index (κ3) is 4.41. The van der Waals surface area contributed by atoms with Gasteiger partial charge >= 0.3 is 0 Å². The lowest BCUT2D eigenvalue weighted by Crippen LogP contribution is -2.22. The van der Waals surface area contributed by atoms with Crippen LogP contribution in [0, 0.1) is 12.7 Å². The molecule has 0 unspecified atom stereocenters. The van der Waals surface area contributed by atoms with Crippen LogP contribution >= 0.6 is 0 Å². The lowest BCUT2D eigenvalue weighted by Gasteiger charge is -2.12. The van der Waals surface area contributed by atoms with Gasteiger partial charge in [0.1, 0.15) is 17.4 Å². The second-order valence-corrected chi connectivity index (χ2v) is 7.40. The zero-order valence-electron chi connectivity index (χ0n) is 18.5. The number of ether oxygens (including phenoxy) is 1. The summed E-state index contributed by atoms with van der Waals surface area (Å²) in [6, 6.07) is 16.1. The minimum atomic E-state index is -0.342. The Morgan fingerprint density at radius 1 is 1.00 bits per heavy atom. The molecule has 2 amide bonds. The number of imidazole rings is 1. The average Bonchev–Trinajstić information content (AvgIpc) is 3.14. The highest BCUT2D eigenvalue weighted by Crippen LogP contribution is 2.27. The Balaban J connectivity index is 1.66. The van der Waals surface area contributed by atoms with Crippen LogP contribution in [-0.2, 0) is 0 Å². The van der Waals surface area contributed by atoms with Gasteiger partial charge in [0.05, 0.1) is 23.8 Å². The van der Waals surface area contributed by atoms with E-state index < -0.39 is 0 Å². The number of aryl methyl sites for hydroxylation is 1. The van der Waals surface area contributed by atoms with Crippen molar-refractivity contribution in [1.82, 2.24) is 14.9 Å². The molecule has 0 spiro atoms. The number of amides is 2. The number of anilines is 1. The molecule has 1 heterocycles. The second-order valence-electron chi connectivity index (χ2n) is 7.40. The van der Waals surface area contributed by atoms with Gasteiger partial charge in [-0.25, -0.2) is 9.37 Å². The summed E-state index contributed by atoms with van der Waals surface area (Å²) in [5.41, 5.74) is 3.49. The Labute approximate surface area is 190 Å². The fourth-order valence-corrected chi connectivity index (χ4v) is 3.65. The van der Waals surface area contributed by atoms with Crippen molar-refractivity contribution in [3.05, 3.63) is 83.4 Å². The lowest BCUT2D eigenvalue weighted by atomic mass is 10.1. The molecule has 0 fully saturated rings. The summed E-state index contributed by atoms with van der Waals surface area (Å²) < 4.78 is 20.6. The van der Waals surface area contributed by atoms with Gasteiger partial charge in [0.25, 0.3) is 11.8 Å². The lowest BCUT2D eigenvalue weighted by molar-refractivity contribution is 0.0955. The molecular formula is C25H23FN4O3. The van der Waals surface area contributed by atoms with Gasteiger partial charge in [0, 0.05) is 23.4 Å². The third-order valence-corrected chi connectivity index (χ3v) is 5.22. The molecule has 8 heteroatoms. The smallest absolute Gasteiger partial charge is 0.255 e. The van der Waals surface area contributed by atoms with Crippen LogP contribution in [0.4, 0.5) is 10.1 Å². The van der Waals surface area contributed by atoms with Gasteiger partial charge in [0.2, 0.25) is 0 Å². The van der Waals surface area contributed by atoms with Gasteiger partial charge in [-0.1, -0.05) is 0 Å². The Hall–Kier alpha value is -4.20. The first-order valence-electron chi connectivity index (χ1n) is 10.4. The molecule has 0 aliphatic heterocycles. The number of halogens is 1. The van der Waals surface area contributed by atoms with Crippen molar-refractivity contribution < 1.29 is 18.7 Å². The fourth-order valence-electron chi connectivity index (χ4n) is 3.65. The van der Waals surface area contributed by atoms with Crippen molar-refractivity contribution in [1.29, 1.82) is 0 Å². The second kappa shape index (κ2) is 9.12. The van der Waals surface area contributed by atoms with Crippen LogP contribution in [0.2, 0.25) is 0 Å². The zero-order valence-corrected chi connectivity index (χ0v) is 18.5. The number of fused-ring (bicyclic) bond motifs is 1. The molecule has 1 aromatic heterocycles. The van der Waals surface area contributed by atoms with Crippen molar-refractivity contribution in [2.75, 3.05) is 19.0 Å². The SMILES string of the molecule is CCNC(=O)c1ccc(NC(=O)c2ccc3nc(C)n(-c4ccc(F)cc4)c3c2)c(OC)c1. The summed E-state index contributed by atoms with van der Waals surface area (Å²) in [5, 5.41) is 5.57. The van der Waals surface area contributed by atoms with Crippen LogP contribution in [0.15, 0.2) is 60.7 Å². The van der Waals surface area contributed by atoms with E-state index in [-0.39, 0.29) is 17.6 Å². The summed E-state index contributed by atoms with van der Waals surface area (Å²) in [7, 11) is 1.47. The van der Waals surface area contributed by atoms with E-state index >= 15 is 0 Å². The molecule has 0 aliphatic rings. The molecule has 7 nitrogen and oxygen atoms in total. The van der Waals surface area contributed by atoms with Crippen LogP contribution in [0.1, 0.15) is 33.5 Å². The molecule has 168 valence electrons. The van der Waals surface area contributed by atoms with Crippen LogP contribution in [0.3, 0.4) is 0 Å². The van der Waals surface area contributed by atoms with Gasteiger partial charge in [-0.05, 0) is 74.5 Å². The number of nitrogens with one attached hydrogen (secondary N) is 2. The van der Waals surface area contributed by atoms with E-state index in [0.717, 1.165) is 22.5 Å². The Morgan fingerprint density at radius 3 is 2.39 bits per heavy atom. The number of aromatic nitrogens is 2. The zero-order chi connectivity index (χ0) is 23.5. The van der Waals surface area contributed by atoms with E-state index in [9.17, 15) is 14.0 Å². The largest absolute Gasteiger partial charge is 0.495 e. The molecule has 0 saturated heterocycles. The van der Waals surface area contributed by atoms with Gasteiger partial charge in [-0.15, -0.1) is 0 Å². The maximum absolute atomic E-state index is 13.4. The fraction of sp³-hybridized carbons (Fsp3) is 0.160. The van der Waals surface area contributed by atoms with E-state index in [1.165, 1.54) is 19.2 Å². The molecule has 4 aromatic rings. The normalized spacial score (nSPS) is 10.8. The number of hydrogen-bond acceptors (Lipinski definition) is 4. The van der Waals surface area contributed by atoms with Crippen molar-refractivity contribution in [2.24, 2.45) is 0 Å². The number of rotatable bonds is 6. The summed E-state index contributed by atoms with van der Waals surface area (Å²) in [6.45, 7) is 4.20. The Bertz CT molecular complexity index is 1350. The van der Waals surface area contributed by atoms with Gasteiger partial charge in [-0.3, -0.25) is 14.2 Å². The highest BCUT2D eigenvalue weighted by Gasteiger charge is 2.16. The first-order valence-corrected chi connectivity index (χ1v) is 10.4. The van der Waals surface area contributed by atoms with E-state index in [2.05, 4.69) is 15.6 Å². The number of methoxy groups -OCH3 is 1. The monoisotopic (exact) mass is 446 g/mol. The van der Waals surface area contributed by atoms with Gasteiger partial charge < -0.3 is 15.4 Å². The number of carbonyl (C=O) groups is 2. The molecule has 0 saturated carbocycles. The molecular weight excluding hydrogens is 423 g/mol. The van der Waals surface area contributed by atoms with Crippen LogP contribution in [0.5, 0.6) is 5.75 Å². The van der Waals surface area contributed by atoms with E-state index in [4.69, 9.17) is 4.74 Å². The maximum atomic E-state index is 13.4. The van der Waals surface area contributed by atoms with Crippen molar-refractivity contribution >= 4 is 28.5 Å². The molecule has 0 atom stereocenters. The number of hydrogen-bond donors (Lipinski definition) is 2. The minimum Gasteiger partial charge on any atom is -0.495 e. The van der Waals surface area contributed by atoms with Crippen LogP contribution in [0.25, 0.3) is 16.7 Å². The number of carbonyl (C=O) groups excluding carboxylic acids is 2. The van der Waals surface area contributed by atoms with Crippen molar-refractivity contribution in [3.8, 4) is 11.4 Å². The summed E-state index contributed by atoms with van der Waals surface area (Å²) in [4.78, 5) is 29.6. The van der Waals surface area contributed by atoms with Gasteiger partial charge in [-0.2, -0.15) is 0 Å². The van der Waals surface area contributed by atoms with Crippen molar-refractivity contribution in [3.63, 3.8) is 0 Å². The molecule has 2 N–H and O–H groups in total. The third-order valence-electron chi connectivity index (χ3n) is 5.22. The predicted molar refractivity (Wildman–Crippen MR) is 125 cm³/mol. The van der Waals surface area contributed by atoms with Crippen molar-refractivity contribution in [2.45, 2.75) is 13.8 Å². The topological polar surface area (TPSA) is 85.3 Å². The number of benzene rings is 3. The molecule has 3 aromatic carbocycles. The Kier molecular flexibility index (Phi) is 6.08. The Morgan fingerprint density at radius 2 is 1.70 bits per heavy atom. The first kappa shape index (κ1) is 22.0. The summed E-state index contributed by atoms with van der Waals surface area (Å²) in [6.07, 6.45) is 0. The quantitative estimate of drug-likeness (QED) is 0.457. The van der Waals surface area contributed by atoms with E-state index in [1.807, 2.05) is 18.4 Å². The highest BCUT2D eigenvalue weighted by atomic mass is 19.1. The number of nitrogens with zero attached hydrogens (tertiary/aromatic N) is 2. The molecule has 0 bridgehead atoms. The van der Waals surface area contributed by atoms with E-state index in [1.54, 1.807) is 48.5 Å². The minimum absolute atomic E-state index is 0.219. The summed E-state index contributed by atoms with van der Waals surface area (Å²) in [5.74, 6) is 0.208. The highest BCUT2D eigenvalue weighted by molar-refractivity contribution is 6.07. The van der Waals surface area contributed by atoms with Crippen LogP contribution < -0.4 is 15.4 Å². The predicted octanol–water partition coefficient (Wildman–Crippen LogP) is 4.48. The molecule has 4 rings (SSSR count). The average molecular weight is 446 g/mol. The molecule has 0 aliphatic carbocycles. The standard InChI is InChI=1S/C25H23FN4O3/c1-4-27-24(31)17-6-12-21(23(14-17)33-3)29-25(32)16-5-11-20-22(13-16)30(15(2)28-20)19-9-7-18(26)8-10-19/h5-14H,4H2,1-3H3,(H,27,31)(H,29,32). The maximum Gasteiger partial charge on any atom is 0.255 e. The first-order chi connectivity index (χ1) is 15.9. The van der Waals surface area contributed by atoms with Gasteiger partial charge in [0.15, 0.2) is 0 Å². The summed E-state index contributed by atoms with van der Waals surface area (Å²) >= 11 is 0.